The highest BCUT2D eigenvalue weighted by atomic mass is 35.5. The molecule has 2 unspecified atom stereocenters. The van der Waals surface area contributed by atoms with Gasteiger partial charge in [-0.2, -0.15) is 0 Å². The van der Waals surface area contributed by atoms with Crippen LogP contribution < -0.4 is 0 Å². The van der Waals surface area contributed by atoms with Gasteiger partial charge in [-0.05, 0) is 26.7 Å². The van der Waals surface area contributed by atoms with Gasteiger partial charge >= 0.3 is 0 Å². The van der Waals surface area contributed by atoms with Crippen LogP contribution in [0.5, 0.6) is 0 Å². The molecule has 0 aliphatic carbocycles. The molecule has 1 nitrogen and oxygen atoms in total. The second kappa shape index (κ2) is 18.9. The van der Waals surface area contributed by atoms with Crippen molar-refractivity contribution in [2.75, 3.05) is 7.15 Å². The van der Waals surface area contributed by atoms with Crippen LogP contribution in [0.15, 0.2) is 0 Å². The SMILES string of the molecule is CCCC(C)Cl.CCCC(C)O.[2H]CF. The van der Waals surface area contributed by atoms with Crippen molar-refractivity contribution in [2.24, 2.45) is 0 Å². The molecule has 0 aliphatic rings. The molecule has 0 aromatic rings. The van der Waals surface area contributed by atoms with Crippen LogP contribution >= 0.6 is 11.6 Å². The Hall–Kier alpha value is 0.180. The second-order valence-corrected chi connectivity index (χ2v) is 3.95. The number of rotatable bonds is 4. The Balaban J connectivity index is -0.000000153. The average molecular weight is 230 g/mol. The summed E-state index contributed by atoms with van der Waals surface area (Å²) in [4.78, 5) is 0. The number of hydrogen-bond acceptors (Lipinski definition) is 1. The molecule has 0 spiro atoms. The molecule has 0 radical (unpaired) electrons. The minimum absolute atomic E-state index is 0.102. The molecule has 3 heteroatoms. The van der Waals surface area contributed by atoms with Gasteiger partial charge in [0, 0.05) is 5.38 Å². The highest BCUT2D eigenvalue weighted by Crippen LogP contribution is 2.01. The minimum atomic E-state index is -1.00. The van der Waals surface area contributed by atoms with E-state index in [1.54, 1.807) is 0 Å². The molecule has 2 atom stereocenters. The Bertz CT molecular complexity index is 82.7. The summed E-state index contributed by atoms with van der Waals surface area (Å²) >= 11 is 5.58. The Morgan fingerprint density at radius 2 is 1.64 bits per heavy atom. The first-order valence-corrected chi connectivity index (χ1v) is 5.57. The minimum Gasteiger partial charge on any atom is -0.393 e. The van der Waals surface area contributed by atoms with Gasteiger partial charge in [0.1, 0.15) is 0 Å². The van der Waals surface area contributed by atoms with Crippen LogP contribution in [0.2, 0.25) is 0 Å². The molecular weight excluding hydrogens is 203 g/mol. The lowest BCUT2D eigenvalue weighted by molar-refractivity contribution is 0.183. The third-order valence-corrected chi connectivity index (χ3v) is 1.61. The van der Waals surface area contributed by atoms with Crippen molar-refractivity contribution in [2.45, 2.75) is 64.9 Å². The molecule has 0 aromatic carbocycles. The van der Waals surface area contributed by atoms with Gasteiger partial charge in [0.25, 0.3) is 0 Å². The fourth-order valence-electron chi connectivity index (χ4n) is 0.816. The number of alkyl halides is 2. The van der Waals surface area contributed by atoms with Crippen LogP contribution in [0, 0.1) is 0 Å². The Kier molecular flexibility index (Phi) is 22.4. The summed E-state index contributed by atoms with van der Waals surface area (Å²) in [6.07, 6.45) is 4.25. The predicted octanol–water partition coefficient (Wildman–Crippen LogP) is 4.17. The van der Waals surface area contributed by atoms with Crippen molar-refractivity contribution in [3.8, 4) is 0 Å². The van der Waals surface area contributed by atoms with E-state index in [-0.39, 0.29) is 6.10 Å². The number of aliphatic hydroxyl groups is 1. The van der Waals surface area contributed by atoms with Crippen LogP contribution in [0.4, 0.5) is 4.39 Å². The van der Waals surface area contributed by atoms with Crippen LogP contribution in [-0.2, 0) is 0 Å². The molecule has 90 valence electrons. The molecule has 0 saturated carbocycles. The van der Waals surface area contributed by atoms with Crippen LogP contribution in [0.3, 0.4) is 0 Å². The maximum absolute atomic E-state index is 9.96. The maximum Gasteiger partial charge on any atom is 0.0785 e. The van der Waals surface area contributed by atoms with E-state index in [1.807, 2.05) is 13.8 Å². The normalized spacial score (nSPS) is 13.8. The topological polar surface area (TPSA) is 20.2 Å². The summed E-state index contributed by atoms with van der Waals surface area (Å²) in [5, 5.41) is 8.92. The summed E-state index contributed by atoms with van der Waals surface area (Å²) < 4.78 is 15.5. The molecule has 0 aliphatic heterocycles. The third-order valence-electron chi connectivity index (χ3n) is 1.39. The fraction of sp³-hybridized carbons (Fsp3) is 1.00. The Morgan fingerprint density at radius 3 is 1.64 bits per heavy atom. The standard InChI is InChI=1S/C5H11Cl.C5H12O.CH3F/c2*1-3-4-5(2)6;1-2/h5H,3-4H2,1-2H3;5-6H,3-4H2,1-2H3;1H3/i;;1D. The molecule has 0 amide bonds. The van der Waals surface area contributed by atoms with Gasteiger partial charge < -0.3 is 5.11 Å². The number of aliphatic hydroxyl groups excluding tert-OH is 1. The van der Waals surface area contributed by atoms with Gasteiger partial charge in [-0.3, -0.25) is 4.39 Å². The van der Waals surface area contributed by atoms with Crippen molar-refractivity contribution in [1.29, 1.82) is 0 Å². The summed E-state index contributed by atoms with van der Waals surface area (Å²) in [5.41, 5.74) is 0. The van der Waals surface area contributed by atoms with Crippen LogP contribution in [0.25, 0.3) is 0 Å². The second-order valence-electron chi connectivity index (χ2n) is 3.21. The Morgan fingerprint density at radius 1 is 1.29 bits per heavy atom. The summed E-state index contributed by atoms with van der Waals surface area (Å²) in [5.74, 6) is 0. The van der Waals surface area contributed by atoms with Crippen LogP contribution in [0.1, 0.15) is 54.7 Å². The zero-order chi connectivity index (χ0) is 12.7. The van der Waals surface area contributed by atoms with E-state index in [0.29, 0.717) is 5.38 Å². The summed E-state index contributed by atoms with van der Waals surface area (Å²) in [6, 6.07) is 0. The molecule has 14 heavy (non-hydrogen) atoms. The van der Waals surface area contributed by atoms with Gasteiger partial charge in [-0.25, -0.2) is 0 Å². The van der Waals surface area contributed by atoms with E-state index in [9.17, 15) is 4.39 Å². The number of hydrogen-bond donors (Lipinski definition) is 1. The highest BCUT2D eigenvalue weighted by molar-refractivity contribution is 6.20. The molecule has 0 saturated heterocycles. The van der Waals surface area contributed by atoms with Crippen molar-refractivity contribution in [3.63, 3.8) is 0 Å². The molecule has 1 N–H and O–H groups in total. The maximum atomic E-state index is 9.96. The zero-order valence-electron chi connectivity index (χ0n) is 10.9. The van der Waals surface area contributed by atoms with Gasteiger partial charge in [0.2, 0.25) is 0 Å². The smallest absolute Gasteiger partial charge is 0.0785 e. The molecule has 0 heterocycles. The lowest BCUT2D eigenvalue weighted by Crippen LogP contribution is -1.95. The first-order valence-electron chi connectivity index (χ1n) is 5.84. The first kappa shape index (κ1) is 16.6. The largest absolute Gasteiger partial charge is 0.393 e. The Labute approximate surface area is 95.1 Å². The van der Waals surface area contributed by atoms with Crippen LogP contribution in [-0.4, -0.2) is 23.7 Å². The van der Waals surface area contributed by atoms with Crippen molar-refractivity contribution < 1.29 is 10.9 Å². The van der Waals surface area contributed by atoms with Gasteiger partial charge in [-0.1, -0.05) is 26.7 Å². The highest BCUT2D eigenvalue weighted by Gasteiger charge is 1.88. The zero-order valence-corrected chi connectivity index (χ0v) is 10.6. The third kappa shape index (κ3) is 39.9. The van der Waals surface area contributed by atoms with Crippen molar-refractivity contribution in [3.05, 3.63) is 0 Å². The number of halogens is 2. The lowest BCUT2D eigenvalue weighted by atomic mass is 10.2. The lowest BCUT2D eigenvalue weighted by Gasteiger charge is -1.95. The van der Waals surface area contributed by atoms with E-state index >= 15 is 0 Å². The van der Waals surface area contributed by atoms with Gasteiger partial charge in [0.15, 0.2) is 0 Å². The molecule has 0 bridgehead atoms. The van der Waals surface area contributed by atoms with Crippen molar-refractivity contribution in [1.82, 2.24) is 0 Å². The van der Waals surface area contributed by atoms with E-state index in [4.69, 9.17) is 18.1 Å². The molecule has 0 aromatic heterocycles. The monoisotopic (exact) mass is 229 g/mol. The fourth-order valence-corrected chi connectivity index (χ4v) is 1.03. The summed E-state index contributed by atoms with van der Waals surface area (Å²) in [6.45, 7) is 8.03. The van der Waals surface area contributed by atoms with Gasteiger partial charge in [0.05, 0.1) is 14.6 Å². The quantitative estimate of drug-likeness (QED) is 0.718. The molecule has 0 rings (SSSR count). The molecule has 0 fully saturated rings. The predicted molar refractivity (Wildman–Crippen MR) is 63.8 cm³/mol. The van der Waals surface area contributed by atoms with Crippen molar-refractivity contribution >= 4 is 11.6 Å². The first-order chi connectivity index (χ1) is 6.95. The summed E-state index contributed by atoms with van der Waals surface area (Å²) in [7, 11) is -1.00. The van der Waals surface area contributed by atoms with E-state index < -0.39 is 7.15 Å². The van der Waals surface area contributed by atoms with E-state index in [0.717, 1.165) is 19.3 Å². The molecular formula is C11H26ClFO. The van der Waals surface area contributed by atoms with Gasteiger partial charge in [-0.15, -0.1) is 11.6 Å². The average Bonchev–Trinajstić information content (AvgIpc) is 2.05. The van der Waals surface area contributed by atoms with E-state index in [1.165, 1.54) is 6.42 Å². The van der Waals surface area contributed by atoms with E-state index in [2.05, 4.69) is 13.8 Å².